The molecule has 8 atom stereocenters. The van der Waals surface area contributed by atoms with Gasteiger partial charge in [-0.1, -0.05) is 6.92 Å². The third-order valence-corrected chi connectivity index (χ3v) is 13.0. The van der Waals surface area contributed by atoms with Gasteiger partial charge in [0.2, 0.25) is 11.6 Å². The number of carbonyl (C=O) groups excluding carboxylic acids is 4. The number of hydrogen-bond acceptors (Lipinski definition) is 8. The standard InChI is InChI=1S/C23H31FO6S2/c1-11(25)30-18-10-20(2)14(8-17(28)23(20,31-4)32-5)12-6-7-13-19(29)15(26)9-16(27)21(13,3)22(12,18)24/h12-14,17-18,28H,6-10H2,1-5H3/t12-,13?,14-,17+,18-,20-,21+,22?/m0/s1. The Hall–Kier alpha value is -0.930. The number of aliphatic hydroxyl groups is 1. The van der Waals surface area contributed by atoms with Crippen molar-refractivity contribution < 1.29 is 33.4 Å². The smallest absolute Gasteiger partial charge is 0.303 e. The van der Waals surface area contributed by atoms with Crippen molar-refractivity contribution >= 4 is 46.8 Å². The summed E-state index contributed by atoms with van der Waals surface area (Å²) in [5, 5.41) is 11.2. The Morgan fingerprint density at radius 1 is 1.12 bits per heavy atom. The molecule has 0 radical (unpaired) electrons. The molecule has 2 unspecified atom stereocenters. The molecule has 0 bridgehead atoms. The molecule has 32 heavy (non-hydrogen) atoms. The summed E-state index contributed by atoms with van der Waals surface area (Å²) >= 11 is 3.08. The maximum absolute atomic E-state index is 17.7. The van der Waals surface area contributed by atoms with Gasteiger partial charge in [-0.25, -0.2) is 4.39 Å². The van der Waals surface area contributed by atoms with Crippen LogP contribution in [-0.4, -0.2) is 62.9 Å². The Kier molecular flexibility index (Phi) is 5.70. The van der Waals surface area contributed by atoms with Crippen LogP contribution in [-0.2, 0) is 23.9 Å². The highest BCUT2D eigenvalue weighted by molar-refractivity contribution is 8.17. The predicted octanol–water partition coefficient (Wildman–Crippen LogP) is 2.98. The molecule has 9 heteroatoms. The lowest BCUT2D eigenvalue weighted by atomic mass is 9.42. The van der Waals surface area contributed by atoms with Crippen LogP contribution in [0, 0.1) is 28.6 Å². The van der Waals surface area contributed by atoms with Crippen molar-refractivity contribution in [2.45, 2.75) is 74.8 Å². The summed E-state index contributed by atoms with van der Waals surface area (Å²) in [6.45, 7) is 4.70. The monoisotopic (exact) mass is 486 g/mol. The molecular weight excluding hydrogens is 455 g/mol. The van der Waals surface area contributed by atoms with Crippen LogP contribution in [0.15, 0.2) is 0 Å². The Morgan fingerprint density at radius 2 is 1.75 bits per heavy atom. The summed E-state index contributed by atoms with van der Waals surface area (Å²) in [7, 11) is 0. The molecule has 0 aromatic rings. The average Bonchev–Trinajstić information content (AvgIpc) is 2.94. The molecule has 6 nitrogen and oxygen atoms in total. The van der Waals surface area contributed by atoms with Gasteiger partial charge in [0.1, 0.15) is 6.10 Å². The number of rotatable bonds is 3. The van der Waals surface area contributed by atoms with Crippen LogP contribution in [0.3, 0.4) is 0 Å². The number of hydrogen-bond donors (Lipinski definition) is 1. The maximum Gasteiger partial charge on any atom is 0.303 e. The van der Waals surface area contributed by atoms with Crippen LogP contribution in [0.4, 0.5) is 4.39 Å². The Labute approximate surface area is 196 Å². The SMILES string of the molecule is CSC1(SC)[C@H](O)C[C@H]2[C@@H]3CCC4C(=O)C(=O)CC(=O)[C@]4(C)C3(F)[C@@H](OC(C)=O)C[C@@]21C. The lowest BCUT2D eigenvalue weighted by molar-refractivity contribution is -0.238. The lowest BCUT2D eigenvalue weighted by Gasteiger charge is -2.64. The van der Waals surface area contributed by atoms with Crippen molar-refractivity contribution in [3.8, 4) is 0 Å². The number of esters is 1. The first kappa shape index (κ1) is 24.2. The third-order valence-electron chi connectivity index (χ3n) is 9.30. The van der Waals surface area contributed by atoms with Crippen LogP contribution in [0.5, 0.6) is 0 Å². The van der Waals surface area contributed by atoms with Gasteiger partial charge >= 0.3 is 5.97 Å². The van der Waals surface area contributed by atoms with Gasteiger partial charge in [-0.2, -0.15) is 0 Å². The van der Waals surface area contributed by atoms with Gasteiger partial charge in [-0.15, -0.1) is 23.5 Å². The molecule has 0 spiro atoms. The first-order valence-electron chi connectivity index (χ1n) is 11.1. The van der Waals surface area contributed by atoms with Crippen LogP contribution in [0.25, 0.3) is 0 Å². The largest absolute Gasteiger partial charge is 0.459 e. The Morgan fingerprint density at radius 3 is 2.31 bits per heavy atom. The van der Waals surface area contributed by atoms with Crippen molar-refractivity contribution in [1.29, 1.82) is 0 Å². The number of carbonyl (C=O) groups is 4. The molecule has 0 aromatic heterocycles. The highest BCUT2D eigenvalue weighted by Gasteiger charge is 2.79. The minimum atomic E-state index is -2.29. The van der Waals surface area contributed by atoms with Gasteiger partial charge in [0.25, 0.3) is 0 Å². The summed E-state index contributed by atoms with van der Waals surface area (Å²) < 4.78 is 22.7. The van der Waals surface area contributed by atoms with E-state index in [9.17, 15) is 24.3 Å². The molecule has 4 aliphatic carbocycles. The fourth-order valence-corrected chi connectivity index (χ4v) is 10.7. The highest BCUT2D eigenvalue weighted by Crippen LogP contribution is 2.74. The lowest BCUT2D eigenvalue weighted by Crippen LogP contribution is -2.74. The zero-order valence-electron chi connectivity index (χ0n) is 19.1. The second kappa shape index (κ2) is 7.54. The minimum Gasteiger partial charge on any atom is -0.459 e. The van der Waals surface area contributed by atoms with Gasteiger partial charge in [-0.3, -0.25) is 19.2 Å². The number of ketones is 3. The first-order valence-corrected chi connectivity index (χ1v) is 13.5. The van der Waals surface area contributed by atoms with E-state index in [0.717, 1.165) is 0 Å². The van der Waals surface area contributed by atoms with Crippen LogP contribution in [0.2, 0.25) is 0 Å². The molecule has 0 amide bonds. The minimum absolute atomic E-state index is 0.140. The molecule has 0 saturated heterocycles. The molecule has 0 aromatic carbocycles. The zero-order valence-corrected chi connectivity index (χ0v) is 20.7. The number of thioether (sulfide) groups is 2. The van der Waals surface area contributed by atoms with Gasteiger partial charge in [-0.05, 0) is 51.0 Å². The van der Waals surface area contributed by atoms with E-state index >= 15 is 4.39 Å². The fraction of sp³-hybridized carbons (Fsp3) is 0.826. The van der Waals surface area contributed by atoms with E-state index in [-0.39, 0.29) is 18.8 Å². The van der Waals surface area contributed by atoms with Crippen molar-refractivity contribution in [1.82, 2.24) is 0 Å². The number of alkyl halides is 1. The topological polar surface area (TPSA) is 97.7 Å². The van der Waals surface area contributed by atoms with E-state index in [0.29, 0.717) is 12.8 Å². The van der Waals surface area contributed by atoms with Crippen molar-refractivity contribution in [2.75, 3.05) is 12.5 Å². The zero-order chi connectivity index (χ0) is 23.9. The summed E-state index contributed by atoms with van der Waals surface area (Å²) in [5.74, 6) is -4.66. The second-order valence-electron chi connectivity index (χ2n) is 10.2. The van der Waals surface area contributed by atoms with E-state index in [2.05, 4.69) is 0 Å². The molecular formula is C23H31FO6S2. The fourth-order valence-electron chi connectivity index (χ4n) is 7.86. The van der Waals surface area contributed by atoms with E-state index in [1.165, 1.54) is 37.4 Å². The molecule has 4 aliphatic rings. The van der Waals surface area contributed by atoms with Crippen molar-refractivity contribution in [2.24, 2.45) is 28.6 Å². The van der Waals surface area contributed by atoms with Crippen molar-refractivity contribution in [3.05, 3.63) is 0 Å². The number of halogens is 1. The summed E-state index contributed by atoms with van der Waals surface area (Å²) in [5.41, 5.74) is -4.59. The average molecular weight is 487 g/mol. The van der Waals surface area contributed by atoms with E-state index in [1.54, 1.807) is 0 Å². The number of fused-ring (bicyclic) bond motifs is 5. The number of ether oxygens (including phenoxy) is 1. The summed E-state index contributed by atoms with van der Waals surface area (Å²) in [6, 6.07) is 0. The number of aliphatic hydroxyl groups excluding tert-OH is 1. The van der Waals surface area contributed by atoms with Crippen LogP contribution >= 0.6 is 23.5 Å². The molecule has 0 heterocycles. The molecule has 1 N–H and O–H groups in total. The second-order valence-corrected chi connectivity index (χ2v) is 12.6. The van der Waals surface area contributed by atoms with Crippen LogP contribution in [0.1, 0.15) is 52.9 Å². The highest BCUT2D eigenvalue weighted by atomic mass is 32.2. The summed E-state index contributed by atoms with van der Waals surface area (Å²) in [6.07, 6.45) is 2.37. The number of Topliss-reactive ketones (excluding diaryl/α,β-unsaturated/α-hetero) is 3. The van der Waals surface area contributed by atoms with Crippen LogP contribution < -0.4 is 0 Å². The Bertz CT molecular complexity index is 890. The third kappa shape index (κ3) is 2.64. The van der Waals surface area contributed by atoms with Gasteiger partial charge in [0.15, 0.2) is 11.5 Å². The quantitative estimate of drug-likeness (QED) is 0.281. The maximum atomic E-state index is 17.7. The molecule has 4 rings (SSSR count). The molecule has 4 fully saturated rings. The Balaban J connectivity index is 1.91. The van der Waals surface area contributed by atoms with Gasteiger partial charge in [0, 0.05) is 24.2 Å². The van der Waals surface area contributed by atoms with Gasteiger partial charge in [0.05, 0.1) is 22.0 Å². The van der Waals surface area contributed by atoms with E-state index in [4.69, 9.17) is 4.74 Å². The predicted molar refractivity (Wildman–Crippen MR) is 120 cm³/mol. The van der Waals surface area contributed by atoms with E-state index in [1.807, 2.05) is 19.4 Å². The summed E-state index contributed by atoms with van der Waals surface area (Å²) in [4.78, 5) is 50.3. The molecule has 178 valence electrons. The molecule has 0 aliphatic heterocycles. The van der Waals surface area contributed by atoms with E-state index < -0.39 is 74.4 Å². The molecule has 4 saturated carbocycles. The normalized spacial score (nSPS) is 47.5. The first-order chi connectivity index (χ1) is 14.8. The van der Waals surface area contributed by atoms with Crippen molar-refractivity contribution in [3.63, 3.8) is 0 Å². The van der Waals surface area contributed by atoms with Gasteiger partial charge < -0.3 is 9.84 Å².